The van der Waals surface area contributed by atoms with Gasteiger partial charge in [0.2, 0.25) is 5.91 Å². The van der Waals surface area contributed by atoms with E-state index in [1.807, 2.05) is 25.1 Å². The largest absolute Gasteiger partial charge is 0.312 e. The van der Waals surface area contributed by atoms with Gasteiger partial charge in [-0.1, -0.05) is 17.4 Å². The molecule has 0 unspecified atom stereocenters. The van der Waals surface area contributed by atoms with Crippen LogP contribution < -0.4 is 9.62 Å². The van der Waals surface area contributed by atoms with Gasteiger partial charge < -0.3 is 4.90 Å². The summed E-state index contributed by atoms with van der Waals surface area (Å²) in [5.41, 5.74) is 2.60. The highest BCUT2D eigenvalue weighted by Crippen LogP contribution is 2.29. The lowest BCUT2D eigenvalue weighted by atomic mass is 10.1. The normalized spacial score (nSPS) is 15.3. The fourth-order valence-corrected chi connectivity index (χ4v) is 5.33. The van der Waals surface area contributed by atoms with Gasteiger partial charge in [-0.2, -0.15) is 0 Å². The van der Waals surface area contributed by atoms with E-state index in [0.29, 0.717) is 18.1 Å². The number of piperidine rings is 1. The Morgan fingerprint density at radius 2 is 1.89 bits per heavy atom. The van der Waals surface area contributed by atoms with Crippen LogP contribution >= 0.6 is 11.3 Å². The Bertz CT molecular complexity index is 1100. The number of anilines is 2. The molecule has 1 aliphatic heterocycles. The zero-order valence-corrected chi connectivity index (χ0v) is 16.4. The number of hydrogen-bond donors (Lipinski definition) is 1. The number of fused-ring (bicyclic) bond motifs is 1. The van der Waals surface area contributed by atoms with Crippen LogP contribution in [0, 0.1) is 6.92 Å². The molecular weight excluding hydrogens is 382 g/mol. The monoisotopic (exact) mass is 401 g/mol. The number of amides is 1. The molecule has 1 saturated heterocycles. The number of carbonyl (C=O) groups excluding carboxylic acids is 1. The van der Waals surface area contributed by atoms with Crippen molar-refractivity contribution >= 4 is 48.3 Å². The third kappa shape index (κ3) is 3.68. The van der Waals surface area contributed by atoms with E-state index in [2.05, 4.69) is 9.71 Å². The molecule has 1 fully saturated rings. The van der Waals surface area contributed by atoms with Crippen LogP contribution in [-0.2, 0) is 14.8 Å². The van der Waals surface area contributed by atoms with Gasteiger partial charge in [-0.15, -0.1) is 0 Å². The van der Waals surface area contributed by atoms with Gasteiger partial charge in [-0.05, 0) is 61.7 Å². The molecule has 8 heteroatoms. The van der Waals surface area contributed by atoms with Crippen molar-refractivity contribution in [3.63, 3.8) is 0 Å². The molecule has 4 rings (SSSR count). The predicted molar refractivity (Wildman–Crippen MR) is 108 cm³/mol. The van der Waals surface area contributed by atoms with Gasteiger partial charge in [0.1, 0.15) is 0 Å². The first-order valence-electron chi connectivity index (χ1n) is 8.73. The fourth-order valence-electron chi connectivity index (χ4n) is 3.13. The Hall–Kier alpha value is -2.45. The average molecular weight is 402 g/mol. The second kappa shape index (κ2) is 6.94. The number of sulfonamides is 1. The van der Waals surface area contributed by atoms with E-state index in [4.69, 9.17) is 0 Å². The summed E-state index contributed by atoms with van der Waals surface area (Å²) in [4.78, 5) is 18.2. The molecule has 1 amide bonds. The molecule has 0 saturated carbocycles. The molecule has 2 heterocycles. The van der Waals surface area contributed by atoms with E-state index in [9.17, 15) is 13.2 Å². The molecule has 1 N–H and O–H groups in total. The molecule has 1 aromatic heterocycles. The Morgan fingerprint density at radius 1 is 1.11 bits per heavy atom. The predicted octanol–water partition coefficient (Wildman–Crippen LogP) is 3.92. The number of nitrogens with one attached hydrogen (secondary N) is 1. The van der Waals surface area contributed by atoms with E-state index in [-0.39, 0.29) is 10.8 Å². The van der Waals surface area contributed by atoms with E-state index in [0.717, 1.165) is 34.3 Å². The van der Waals surface area contributed by atoms with Crippen molar-refractivity contribution in [2.24, 2.45) is 0 Å². The summed E-state index contributed by atoms with van der Waals surface area (Å²) in [6, 6.07) is 12.2. The maximum atomic E-state index is 12.7. The first-order valence-corrected chi connectivity index (χ1v) is 11.0. The molecule has 0 aliphatic carbocycles. The number of thiazole rings is 1. The summed E-state index contributed by atoms with van der Waals surface area (Å²) in [7, 11) is -3.74. The highest BCUT2D eigenvalue weighted by Gasteiger charge is 2.21. The quantitative estimate of drug-likeness (QED) is 0.719. The van der Waals surface area contributed by atoms with Gasteiger partial charge >= 0.3 is 0 Å². The van der Waals surface area contributed by atoms with Crippen LogP contribution in [0.1, 0.15) is 24.8 Å². The second-order valence-electron chi connectivity index (χ2n) is 6.59. The van der Waals surface area contributed by atoms with E-state index in [1.54, 1.807) is 17.0 Å². The van der Waals surface area contributed by atoms with Crippen molar-refractivity contribution in [3.8, 4) is 0 Å². The average Bonchev–Trinajstić information content (AvgIpc) is 3.03. The van der Waals surface area contributed by atoms with Crippen LogP contribution in [-0.4, -0.2) is 25.9 Å². The molecule has 0 atom stereocenters. The van der Waals surface area contributed by atoms with Crippen molar-refractivity contribution in [1.29, 1.82) is 0 Å². The third-order valence-electron chi connectivity index (χ3n) is 4.55. The summed E-state index contributed by atoms with van der Waals surface area (Å²) in [6.07, 6.45) is 2.41. The molecule has 6 nitrogen and oxygen atoms in total. The smallest absolute Gasteiger partial charge is 0.263 e. The summed E-state index contributed by atoms with van der Waals surface area (Å²) >= 11 is 1.30. The van der Waals surface area contributed by atoms with Crippen molar-refractivity contribution in [2.75, 3.05) is 16.2 Å². The Morgan fingerprint density at radius 3 is 2.63 bits per heavy atom. The SMILES string of the molecule is Cc1ccc2nc(NS(=O)(=O)c3ccc(N4CCCCC4=O)cc3)sc2c1. The standard InChI is InChI=1S/C19H19N3O3S2/c1-13-5-10-16-17(12-13)26-19(20-16)21-27(24,25)15-8-6-14(7-9-15)22-11-3-2-4-18(22)23/h5-10,12H,2-4,11H2,1H3,(H,20,21). The molecular formula is C19H19N3O3S2. The minimum atomic E-state index is -3.74. The van der Waals surface area contributed by atoms with Gasteiger partial charge in [0, 0.05) is 18.7 Å². The summed E-state index contributed by atoms with van der Waals surface area (Å²) in [6.45, 7) is 2.66. The number of carbonyl (C=O) groups is 1. The first kappa shape index (κ1) is 17.9. The maximum absolute atomic E-state index is 12.7. The van der Waals surface area contributed by atoms with Gasteiger partial charge in [0.05, 0.1) is 15.1 Å². The lowest BCUT2D eigenvalue weighted by Gasteiger charge is -2.26. The lowest BCUT2D eigenvalue weighted by molar-refractivity contribution is -0.119. The van der Waals surface area contributed by atoms with Gasteiger partial charge in [0.15, 0.2) is 5.13 Å². The lowest BCUT2D eigenvalue weighted by Crippen LogP contribution is -2.35. The first-order chi connectivity index (χ1) is 12.9. The van der Waals surface area contributed by atoms with E-state index in [1.165, 1.54) is 23.5 Å². The molecule has 27 heavy (non-hydrogen) atoms. The number of benzene rings is 2. The third-order valence-corrected chi connectivity index (χ3v) is 6.97. The zero-order valence-electron chi connectivity index (χ0n) is 14.8. The maximum Gasteiger partial charge on any atom is 0.263 e. The molecule has 0 spiro atoms. The Labute approximate surface area is 161 Å². The van der Waals surface area contributed by atoms with Crippen LogP contribution in [0.15, 0.2) is 47.4 Å². The number of rotatable bonds is 4. The minimum Gasteiger partial charge on any atom is -0.312 e. The molecule has 0 radical (unpaired) electrons. The highest BCUT2D eigenvalue weighted by molar-refractivity contribution is 7.93. The molecule has 3 aromatic rings. The number of nitrogens with zero attached hydrogens (tertiary/aromatic N) is 2. The zero-order chi connectivity index (χ0) is 19.0. The molecule has 140 valence electrons. The Kier molecular flexibility index (Phi) is 4.61. The summed E-state index contributed by atoms with van der Waals surface area (Å²) < 4.78 is 28.8. The van der Waals surface area contributed by atoms with E-state index >= 15 is 0 Å². The topological polar surface area (TPSA) is 79.4 Å². The van der Waals surface area contributed by atoms with Gasteiger partial charge in [0.25, 0.3) is 10.0 Å². The van der Waals surface area contributed by atoms with Crippen LogP contribution in [0.3, 0.4) is 0 Å². The van der Waals surface area contributed by atoms with Crippen molar-refractivity contribution < 1.29 is 13.2 Å². The fraction of sp³-hybridized carbons (Fsp3) is 0.263. The highest BCUT2D eigenvalue weighted by atomic mass is 32.2. The van der Waals surface area contributed by atoms with Crippen molar-refractivity contribution in [2.45, 2.75) is 31.1 Å². The van der Waals surface area contributed by atoms with Crippen LogP contribution in [0.2, 0.25) is 0 Å². The minimum absolute atomic E-state index is 0.0831. The van der Waals surface area contributed by atoms with Crippen LogP contribution in [0.5, 0.6) is 0 Å². The number of aryl methyl sites for hydroxylation is 1. The number of hydrogen-bond acceptors (Lipinski definition) is 5. The molecule has 0 bridgehead atoms. The summed E-state index contributed by atoms with van der Waals surface area (Å²) in [5.74, 6) is 0.0831. The van der Waals surface area contributed by atoms with Crippen LogP contribution in [0.25, 0.3) is 10.2 Å². The molecule has 2 aromatic carbocycles. The van der Waals surface area contributed by atoms with Crippen molar-refractivity contribution in [3.05, 3.63) is 48.0 Å². The van der Waals surface area contributed by atoms with Crippen molar-refractivity contribution in [1.82, 2.24) is 4.98 Å². The van der Waals surface area contributed by atoms with Gasteiger partial charge in [-0.25, -0.2) is 13.4 Å². The van der Waals surface area contributed by atoms with Crippen LogP contribution in [0.4, 0.5) is 10.8 Å². The Balaban J connectivity index is 1.56. The van der Waals surface area contributed by atoms with E-state index < -0.39 is 10.0 Å². The van der Waals surface area contributed by atoms with Gasteiger partial charge in [-0.3, -0.25) is 9.52 Å². The second-order valence-corrected chi connectivity index (χ2v) is 9.31. The number of aromatic nitrogens is 1. The summed E-state index contributed by atoms with van der Waals surface area (Å²) in [5, 5.41) is 0.339. The molecule has 1 aliphatic rings.